The minimum absolute atomic E-state index is 0.0328. The van der Waals surface area contributed by atoms with Crippen LogP contribution in [-0.4, -0.2) is 58.3 Å². The number of carbonyl (C=O) groups is 2. The fourth-order valence-electron chi connectivity index (χ4n) is 3.60. The molecule has 0 spiro atoms. The SMILES string of the molecule is CCOC(=O)CN1C[C@@H](N=[N+]=[N-])C[C@@H]1Cn1ccc(NC(=O)OCc2ccccc2)nc1=O. The van der Waals surface area contributed by atoms with Gasteiger partial charge in [-0.3, -0.25) is 19.6 Å². The monoisotopic (exact) mass is 455 g/mol. The van der Waals surface area contributed by atoms with Gasteiger partial charge in [0.2, 0.25) is 0 Å². The number of likely N-dealkylation sites (tertiary alicyclic amines) is 1. The molecule has 0 radical (unpaired) electrons. The highest BCUT2D eigenvalue weighted by Crippen LogP contribution is 2.22. The molecule has 0 unspecified atom stereocenters. The van der Waals surface area contributed by atoms with Gasteiger partial charge in [-0.05, 0) is 30.5 Å². The Balaban J connectivity index is 1.60. The van der Waals surface area contributed by atoms with Crippen LogP contribution in [0.4, 0.5) is 10.6 Å². The van der Waals surface area contributed by atoms with Crippen LogP contribution in [0.15, 0.2) is 52.5 Å². The van der Waals surface area contributed by atoms with Crippen molar-refractivity contribution < 1.29 is 19.1 Å². The molecule has 2 heterocycles. The van der Waals surface area contributed by atoms with Gasteiger partial charge >= 0.3 is 17.8 Å². The first-order valence-corrected chi connectivity index (χ1v) is 10.5. The first-order chi connectivity index (χ1) is 16.0. The molecule has 1 aromatic heterocycles. The molecule has 0 saturated carbocycles. The second-order valence-electron chi connectivity index (χ2n) is 7.42. The zero-order valence-corrected chi connectivity index (χ0v) is 18.2. The molecule has 1 N–H and O–H groups in total. The minimum atomic E-state index is -0.725. The number of carbonyl (C=O) groups excluding carboxylic acids is 2. The van der Waals surface area contributed by atoms with Crippen molar-refractivity contribution in [3.8, 4) is 0 Å². The van der Waals surface area contributed by atoms with E-state index in [0.717, 1.165) is 5.56 Å². The van der Waals surface area contributed by atoms with E-state index in [2.05, 4.69) is 20.3 Å². The third-order valence-corrected chi connectivity index (χ3v) is 5.08. The molecule has 0 aliphatic carbocycles. The molecule has 12 nitrogen and oxygen atoms in total. The number of amides is 1. The lowest BCUT2D eigenvalue weighted by Crippen LogP contribution is -2.40. The van der Waals surface area contributed by atoms with Crippen LogP contribution in [0.25, 0.3) is 10.4 Å². The molecule has 1 aromatic carbocycles. The van der Waals surface area contributed by atoms with Gasteiger partial charge in [0.15, 0.2) is 0 Å². The summed E-state index contributed by atoms with van der Waals surface area (Å²) in [7, 11) is 0. The van der Waals surface area contributed by atoms with E-state index in [1.807, 2.05) is 35.2 Å². The molecule has 1 aliphatic rings. The molecular weight excluding hydrogens is 430 g/mol. The summed E-state index contributed by atoms with van der Waals surface area (Å²) in [6.45, 7) is 2.74. The lowest BCUT2D eigenvalue weighted by Gasteiger charge is -2.23. The number of azide groups is 1. The molecule has 0 bridgehead atoms. The maximum atomic E-state index is 12.5. The van der Waals surface area contributed by atoms with Crippen LogP contribution >= 0.6 is 0 Å². The normalized spacial score (nSPS) is 17.7. The van der Waals surface area contributed by atoms with Crippen molar-refractivity contribution in [2.75, 3.05) is 25.0 Å². The van der Waals surface area contributed by atoms with E-state index in [1.165, 1.54) is 16.8 Å². The van der Waals surface area contributed by atoms with Gasteiger partial charge < -0.3 is 9.47 Å². The predicted molar refractivity (Wildman–Crippen MR) is 118 cm³/mol. The second kappa shape index (κ2) is 11.7. The van der Waals surface area contributed by atoms with E-state index >= 15 is 0 Å². The van der Waals surface area contributed by atoms with Crippen LogP contribution in [0.2, 0.25) is 0 Å². The van der Waals surface area contributed by atoms with E-state index < -0.39 is 11.8 Å². The zero-order chi connectivity index (χ0) is 23.6. The Morgan fingerprint density at radius 1 is 1.27 bits per heavy atom. The average molecular weight is 455 g/mol. The highest BCUT2D eigenvalue weighted by molar-refractivity contribution is 5.83. The van der Waals surface area contributed by atoms with Crippen LogP contribution in [0.1, 0.15) is 18.9 Å². The first-order valence-electron chi connectivity index (χ1n) is 10.5. The third-order valence-electron chi connectivity index (χ3n) is 5.08. The molecule has 2 aromatic rings. The number of aromatic nitrogens is 2. The van der Waals surface area contributed by atoms with Crippen molar-refractivity contribution in [1.82, 2.24) is 14.5 Å². The van der Waals surface area contributed by atoms with Crippen molar-refractivity contribution in [3.63, 3.8) is 0 Å². The number of esters is 1. The van der Waals surface area contributed by atoms with Crippen LogP contribution in [0.3, 0.4) is 0 Å². The second-order valence-corrected chi connectivity index (χ2v) is 7.42. The van der Waals surface area contributed by atoms with Crippen LogP contribution in [-0.2, 0) is 27.4 Å². The first kappa shape index (κ1) is 23.8. The maximum absolute atomic E-state index is 12.5. The zero-order valence-electron chi connectivity index (χ0n) is 18.2. The molecule has 1 aliphatic heterocycles. The van der Waals surface area contributed by atoms with Crippen LogP contribution < -0.4 is 11.0 Å². The Bertz CT molecular complexity index is 1070. The number of rotatable bonds is 9. The summed E-state index contributed by atoms with van der Waals surface area (Å²) in [5.74, 6) is -0.320. The van der Waals surface area contributed by atoms with E-state index in [4.69, 9.17) is 15.0 Å². The molecule has 1 amide bonds. The van der Waals surface area contributed by atoms with Gasteiger partial charge in [0, 0.05) is 30.2 Å². The van der Waals surface area contributed by atoms with Gasteiger partial charge in [-0.1, -0.05) is 35.4 Å². The number of benzene rings is 1. The standard InChI is InChI=1S/C21H25N7O5/c1-2-32-19(29)13-28-11-16(25-26-22)10-17(28)12-27-9-8-18(23-20(27)30)24-21(31)33-14-15-6-4-3-5-7-15/h3-9,16-17H,2,10-14H2,1H3,(H,23,24,30,31)/t16-,17+/m0/s1. The number of hydrogen-bond donors (Lipinski definition) is 1. The van der Waals surface area contributed by atoms with Gasteiger partial charge in [-0.2, -0.15) is 4.98 Å². The predicted octanol–water partition coefficient (Wildman–Crippen LogP) is 2.31. The molecule has 1 fully saturated rings. The summed E-state index contributed by atoms with van der Waals surface area (Å²) in [4.78, 5) is 45.0. The van der Waals surface area contributed by atoms with Crippen molar-refractivity contribution >= 4 is 17.9 Å². The Kier molecular flexibility index (Phi) is 8.39. The van der Waals surface area contributed by atoms with Gasteiger partial charge in [0.1, 0.15) is 12.4 Å². The number of anilines is 1. The van der Waals surface area contributed by atoms with Crippen molar-refractivity contribution in [2.45, 2.75) is 38.6 Å². The molecular formula is C21H25N7O5. The summed E-state index contributed by atoms with van der Waals surface area (Å²) in [5, 5.41) is 6.18. The van der Waals surface area contributed by atoms with Crippen molar-refractivity contribution in [2.24, 2.45) is 5.11 Å². The number of nitrogens with zero attached hydrogens (tertiary/aromatic N) is 6. The van der Waals surface area contributed by atoms with E-state index in [-0.39, 0.29) is 50.2 Å². The maximum Gasteiger partial charge on any atom is 0.413 e. The van der Waals surface area contributed by atoms with Crippen LogP contribution in [0.5, 0.6) is 0 Å². The lowest BCUT2D eigenvalue weighted by atomic mass is 10.2. The van der Waals surface area contributed by atoms with Crippen molar-refractivity contribution in [1.29, 1.82) is 0 Å². The largest absolute Gasteiger partial charge is 0.465 e. The van der Waals surface area contributed by atoms with Crippen LogP contribution in [0, 0.1) is 0 Å². The molecule has 2 atom stereocenters. The summed E-state index contributed by atoms with van der Waals surface area (Å²) in [6.07, 6.45) is 1.27. The average Bonchev–Trinajstić information content (AvgIpc) is 3.16. The molecule has 1 saturated heterocycles. The minimum Gasteiger partial charge on any atom is -0.465 e. The van der Waals surface area contributed by atoms with Gasteiger partial charge in [0.25, 0.3) is 0 Å². The summed E-state index contributed by atoms with van der Waals surface area (Å²) < 4.78 is 11.5. The Hall–Kier alpha value is -3.89. The fraction of sp³-hybridized carbons (Fsp3) is 0.429. The molecule has 3 rings (SSSR count). The summed E-state index contributed by atoms with van der Waals surface area (Å²) >= 11 is 0. The Labute approximate surface area is 189 Å². The topological polar surface area (TPSA) is 152 Å². The highest BCUT2D eigenvalue weighted by atomic mass is 16.5. The van der Waals surface area contributed by atoms with Gasteiger partial charge in [0.05, 0.1) is 19.2 Å². The smallest absolute Gasteiger partial charge is 0.413 e. The van der Waals surface area contributed by atoms with E-state index in [0.29, 0.717) is 13.0 Å². The quantitative estimate of drug-likeness (QED) is 0.264. The Morgan fingerprint density at radius 3 is 2.76 bits per heavy atom. The molecule has 33 heavy (non-hydrogen) atoms. The number of ether oxygens (including phenoxy) is 2. The van der Waals surface area contributed by atoms with Gasteiger partial charge in [-0.15, -0.1) is 0 Å². The lowest BCUT2D eigenvalue weighted by molar-refractivity contribution is -0.144. The summed E-state index contributed by atoms with van der Waals surface area (Å²) in [5.41, 5.74) is 9.01. The third kappa shape index (κ3) is 7.06. The van der Waals surface area contributed by atoms with E-state index in [1.54, 1.807) is 6.92 Å². The summed E-state index contributed by atoms with van der Waals surface area (Å²) in [6, 6.07) is 10.1. The highest BCUT2D eigenvalue weighted by Gasteiger charge is 2.33. The Morgan fingerprint density at radius 2 is 2.06 bits per heavy atom. The number of hydrogen-bond acceptors (Lipinski definition) is 8. The van der Waals surface area contributed by atoms with Gasteiger partial charge in [-0.25, -0.2) is 9.59 Å². The fourth-order valence-corrected chi connectivity index (χ4v) is 3.60. The molecule has 174 valence electrons. The molecule has 12 heteroatoms. The van der Waals surface area contributed by atoms with E-state index in [9.17, 15) is 14.4 Å². The van der Waals surface area contributed by atoms with Crippen molar-refractivity contribution in [3.05, 3.63) is 69.1 Å². The number of nitrogens with one attached hydrogen (secondary N) is 1.